The van der Waals surface area contributed by atoms with Gasteiger partial charge in [0.25, 0.3) is 0 Å². The van der Waals surface area contributed by atoms with Crippen molar-refractivity contribution >= 4 is 11.9 Å². The second-order valence-electron chi connectivity index (χ2n) is 16.0. The molecule has 0 aliphatic heterocycles. The number of hydrogen-bond donors (Lipinski definition) is 3. The molecule has 3 saturated carbocycles. The number of ether oxygens (including phenoxy) is 3. The molecule has 260 valence electrons. The highest BCUT2D eigenvalue weighted by molar-refractivity contribution is 5.67. The normalized spacial score (nSPS) is 42.6. The first-order chi connectivity index (χ1) is 21.2. The molecule has 4 rings (SSSR count). The van der Waals surface area contributed by atoms with Crippen LogP contribution in [0.3, 0.4) is 0 Å². The van der Waals surface area contributed by atoms with Gasteiger partial charge in [0.1, 0.15) is 18.3 Å². The number of hydrogen-bond acceptors (Lipinski definition) is 8. The smallest absolute Gasteiger partial charge is 0.303 e. The lowest BCUT2D eigenvalue weighted by Crippen LogP contribution is -2.78. The van der Waals surface area contributed by atoms with Crippen LogP contribution in [0, 0.1) is 33.5 Å². The lowest BCUT2D eigenvalue weighted by atomic mass is 9.33. The SMILES string of the molecule is CCc1ccccc1[C@@H](C)C[C@]1(O)[C@@H](C)CC[C@]2(C)C3C(OC(C)=O)[C@H](OC(C)O)[C@](C)(C(C)OC(C)=O)[C@@H](O)[C@]3(C)CC[C@]21C. The van der Waals surface area contributed by atoms with E-state index in [-0.39, 0.29) is 11.8 Å². The maximum Gasteiger partial charge on any atom is 0.303 e. The van der Waals surface area contributed by atoms with Gasteiger partial charge in [-0.2, -0.15) is 0 Å². The highest BCUT2D eigenvalue weighted by Crippen LogP contribution is 2.74. The van der Waals surface area contributed by atoms with Gasteiger partial charge in [0.2, 0.25) is 0 Å². The van der Waals surface area contributed by atoms with Gasteiger partial charge in [0.05, 0.1) is 17.1 Å². The number of fused-ring (bicyclic) bond motifs is 3. The van der Waals surface area contributed by atoms with Crippen LogP contribution in [0.4, 0.5) is 0 Å². The Morgan fingerprint density at radius 1 is 1.00 bits per heavy atom. The first-order valence-electron chi connectivity index (χ1n) is 17.4. The van der Waals surface area contributed by atoms with Crippen LogP contribution >= 0.6 is 0 Å². The monoisotopic (exact) mass is 644 g/mol. The van der Waals surface area contributed by atoms with Gasteiger partial charge in [-0.05, 0) is 80.8 Å². The minimum Gasteiger partial charge on any atom is -0.462 e. The van der Waals surface area contributed by atoms with E-state index in [0.717, 1.165) is 19.3 Å². The van der Waals surface area contributed by atoms with Crippen molar-refractivity contribution in [3.63, 3.8) is 0 Å². The summed E-state index contributed by atoms with van der Waals surface area (Å²) in [5, 5.41) is 36.4. The molecule has 0 aromatic heterocycles. The van der Waals surface area contributed by atoms with Crippen LogP contribution < -0.4 is 0 Å². The molecular weight excluding hydrogens is 584 g/mol. The molecule has 1 aromatic rings. The zero-order chi connectivity index (χ0) is 34.6. The molecule has 4 unspecified atom stereocenters. The van der Waals surface area contributed by atoms with Crippen LogP contribution in [-0.4, -0.2) is 63.6 Å². The van der Waals surface area contributed by atoms with Crippen LogP contribution in [0.5, 0.6) is 0 Å². The summed E-state index contributed by atoms with van der Waals surface area (Å²) in [6.07, 6.45) is -0.748. The molecular formula is C38H60O8. The molecule has 3 aliphatic carbocycles. The van der Waals surface area contributed by atoms with Crippen molar-refractivity contribution in [2.45, 2.75) is 157 Å². The van der Waals surface area contributed by atoms with Gasteiger partial charge in [-0.15, -0.1) is 0 Å². The lowest BCUT2D eigenvalue weighted by molar-refractivity contribution is -0.350. The summed E-state index contributed by atoms with van der Waals surface area (Å²) in [6.45, 7) is 20.7. The fourth-order valence-electron chi connectivity index (χ4n) is 10.8. The Morgan fingerprint density at radius 2 is 1.63 bits per heavy atom. The Kier molecular flexibility index (Phi) is 10.2. The number of benzene rings is 1. The van der Waals surface area contributed by atoms with Crippen molar-refractivity contribution in [3.8, 4) is 0 Å². The van der Waals surface area contributed by atoms with Crippen LogP contribution in [-0.2, 0) is 30.2 Å². The molecule has 0 heterocycles. The topological polar surface area (TPSA) is 123 Å². The van der Waals surface area contributed by atoms with E-state index in [0.29, 0.717) is 19.3 Å². The summed E-state index contributed by atoms with van der Waals surface area (Å²) in [5.41, 5.74) is -1.74. The van der Waals surface area contributed by atoms with Crippen LogP contribution in [0.15, 0.2) is 24.3 Å². The van der Waals surface area contributed by atoms with Crippen molar-refractivity contribution in [2.75, 3.05) is 0 Å². The highest BCUT2D eigenvalue weighted by Gasteiger charge is 2.76. The highest BCUT2D eigenvalue weighted by atomic mass is 16.6. The van der Waals surface area contributed by atoms with Gasteiger partial charge in [-0.25, -0.2) is 0 Å². The summed E-state index contributed by atoms with van der Waals surface area (Å²) >= 11 is 0. The third-order valence-electron chi connectivity index (χ3n) is 13.6. The molecule has 0 radical (unpaired) electrons. The number of aliphatic hydroxyl groups is 3. The fourth-order valence-corrected chi connectivity index (χ4v) is 10.8. The number of carbonyl (C=O) groups excluding carboxylic acids is 2. The lowest BCUT2D eigenvalue weighted by Gasteiger charge is -2.74. The average Bonchev–Trinajstić information content (AvgIpc) is 2.97. The molecule has 3 fully saturated rings. The molecule has 1 aromatic carbocycles. The van der Waals surface area contributed by atoms with E-state index in [2.05, 4.69) is 65.8 Å². The minimum absolute atomic E-state index is 0.0191. The third-order valence-corrected chi connectivity index (χ3v) is 13.6. The van der Waals surface area contributed by atoms with Crippen molar-refractivity contribution in [1.29, 1.82) is 0 Å². The second-order valence-corrected chi connectivity index (χ2v) is 16.0. The molecule has 0 saturated heterocycles. The molecule has 8 nitrogen and oxygen atoms in total. The Labute approximate surface area is 276 Å². The van der Waals surface area contributed by atoms with E-state index >= 15 is 0 Å². The van der Waals surface area contributed by atoms with Crippen molar-refractivity contribution < 1.29 is 39.1 Å². The van der Waals surface area contributed by atoms with Crippen LogP contribution in [0.1, 0.15) is 125 Å². The Morgan fingerprint density at radius 3 is 2.20 bits per heavy atom. The molecule has 8 heteroatoms. The largest absolute Gasteiger partial charge is 0.462 e. The standard InChI is InChI=1S/C38H60O8/c1-12-28-15-13-14-16-29(28)22(2)21-38(43)23(3)17-18-35(9)31-30(45-26(6)40)32(46-27(7)41)37(11,24(4)44-25(5)39)33(42)34(31,8)19-20-36(35,38)10/h13-16,22-24,27,30-33,41-43H,12,17-21H2,1-11H3/t22-,23-,24?,27?,30?,31?,32-,33-,34+,35+,36+,37-,38-/m0/s1. The summed E-state index contributed by atoms with van der Waals surface area (Å²) < 4.78 is 18.2. The number of esters is 2. The predicted octanol–water partition coefficient (Wildman–Crippen LogP) is 6.32. The first-order valence-corrected chi connectivity index (χ1v) is 17.4. The summed E-state index contributed by atoms with van der Waals surface area (Å²) in [4.78, 5) is 25.1. The minimum atomic E-state index is -1.24. The number of rotatable bonds is 9. The van der Waals surface area contributed by atoms with Crippen molar-refractivity contribution in [2.24, 2.45) is 33.5 Å². The molecule has 0 amide bonds. The van der Waals surface area contributed by atoms with E-state index in [1.54, 1.807) is 13.8 Å². The number of aliphatic hydroxyl groups excluding tert-OH is 2. The van der Waals surface area contributed by atoms with Crippen molar-refractivity contribution in [3.05, 3.63) is 35.4 Å². The molecule has 3 aliphatic rings. The van der Waals surface area contributed by atoms with Gasteiger partial charge < -0.3 is 29.5 Å². The first kappa shape index (κ1) is 36.8. The third kappa shape index (κ3) is 5.53. The molecule has 0 bridgehead atoms. The molecule has 0 spiro atoms. The number of carbonyl (C=O) groups is 2. The zero-order valence-electron chi connectivity index (χ0n) is 30.1. The Balaban J connectivity index is 1.90. The fraction of sp³-hybridized carbons (Fsp3) is 0.789. The summed E-state index contributed by atoms with van der Waals surface area (Å²) in [7, 11) is 0. The quantitative estimate of drug-likeness (QED) is 0.211. The van der Waals surface area contributed by atoms with Crippen molar-refractivity contribution in [1.82, 2.24) is 0 Å². The van der Waals surface area contributed by atoms with Gasteiger partial charge in [-0.3, -0.25) is 9.59 Å². The zero-order valence-corrected chi connectivity index (χ0v) is 30.1. The van der Waals surface area contributed by atoms with E-state index < -0.39 is 75.8 Å². The molecule has 46 heavy (non-hydrogen) atoms. The van der Waals surface area contributed by atoms with Gasteiger partial charge in [0.15, 0.2) is 6.29 Å². The molecule has 3 N–H and O–H groups in total. The van der Waals surface area contributed by atoms with E-state index in [1.807, 2.05) is 0 Å². The molecule has 13 atom stereocenters. The maximum absolute atomic E-state index is 13.2. The van der Waals surface area contributed by atoms with Gasteiger partial charge in [-0.1, -0.05) is 72.7 Å². The van der Waals surface area contributed by atoms with Crippen LogP contribution in [0.2, 0.25) is 0 Å². The second kappa shape index (κ2) is 12.8. The van der Waals surface area contributed by atoms with E-state index in [1.165, 1.54) is 31.9 Å². The van der Waals surface area contributed by atoms with Gasteiger partial charge in [0, 0.05) is 30.6 Å². The van der Waals surface area contributed by atoms with E-state index in [4.69, 9.17) is 14.2 Å². The predicted molar refractivity (Wildman–Crippen MR) is 177 cm³/mol. The summed E-state index contributed by atoms with van der Waals surface area (Å²) in [5.74, 6) is -1.30. The Hall–Kier alpha value is -2.00. The Bertz CT molecular complexity index is 1280. The maximum atomic E-state index is 13.2. The van der Waals surface area contributed by atoms with E-state index in [9.17, 15) is 24.9 Å². The van der Waals surface area contributed by atoms with Gasteiger partial charge >= 0.3 is 11.9 Å². The summed E-state index contributed by atoms with van der Waals surface area (Å²) in [6, 6.07) is 8.48. The van der Waals surface area contributed by atoms with Crippen LogP contribution in [0.25, 0.3) is 0 Å². The number of aryl methyl sites for hydroxylation is 1. The average molecular weight is 645 g/mol.